The predicted molar refractivity (Wildman–Crippen MR) is 140 cm³/mol. The molecule has 0 N–H and O–H groups in total. The number of morpholine rings is 1. The van der Waals surface area contributed by atoms with E-state index in [2.05, 4.69) is 17.1 Å². The molecule has 9 heteroatoms. The maximum atomic E-state index is 13.9. The van der Waals surface area contributed by atoms with E-state index < -0.39 is 5.54 Å². The third kappa shape index (κ3) is 3.80. The molecule has 0 atom stereocenters. The van der Waals surface area contributed by atoms with Crippen molar-refractivity contribution in [3.05, 3.63) is 69.8 Å². The van der Waals surface area contributed by atoms with Crippen molar-refractivity contribution in [1.82, 2.24) is 19.7 Å². The lowest BCUT2D eigenvalue weighted by Gasteiger charge is -2.41. The van der Waals surface area contributed by atoms with E-state index in [-0.39, 0.29) is 5.91 Å². The van der Waals surface area contributed by atoms with E-state index in [0.29, 0.717) is 43.2 Å². The maximum absolute atomic E-state index is 13.9. The van der Waals surface area contributed by atoms with Crippen molar-refractivity contribution in [2.45, 2.75) is 25.8 Å². The number of carbonyl (C=O) groups excluding carboxylic acids is 1. The number of rotatable bonds is 4. The summed E-state index contributed by atoms with van der Waals surface area (Å²) in [5, 5.41) is 18.3. The van der Waals surface area contributed by atoms with E-state index in [9.17, 15) is 10.1 Å². The fraction of sp³-hybridized carbons (Fsp3) is 0.286. The summed E-state index contributed by atoms with van der Waals surface area (Å²) < 4.78 is 13.3. The molecule has 8 nitrogen and oxygen atoms in total. The van der Waals surface area contributed by atoms with Crippen LogP contribution in [-0.4, -0.2) is 58.0 Å². The van der Waals surface area contributed by atoms with Gasteiger partial charge in [0.1, 0.15) is 11.8 Å². The molecule has 0 spiro atoms. The van der Waals surface area contributed by atoms with Gasteiger partial charge in [-0.05, 0) is 49.1 Å². The van der Waals surface area contributed by atoms with Gasteiger partial charge in [0.05, 0.1) is 42.8 Å². The van der Waals surface area contributed by atoms with Crippen molar-refractivity contribution in [3.63, 3.8) is 0 Å². The van der Waals surface area contributed by atoms with Gasteiger partial charge in [-0.2, -0.15) is 21.7 Å². The van der Waals surface area contributed by atoms with Crippen LogP contribution < -0.4 is 4.74 Å². The first-order valence-corrected chi connectivity index (χ1v) is 13.0. The van der Waals surface area contributed by atoms with Crippen molar-refractivity contribution in [1.29, 1.82) is 5.26 Å². The number of pyridine rings is 1. The lowest BCUT2D eigenvalue weighted by atomic mass is 9.99. The molecule has 6 rings (SSSR count). The molecule has 186 valence electrons. The molecule has 1 aliphatic heterocycles. The topological polar surface area (TPSA) is 93.3 Å². The molecule has 37 heavy (non-hydrogen) atoms. The van der Waals surface area contributed by atoms with Gasteiger partial charge in [-0.1, -0.05) is 0 Å². The zero-order valence-electron chi connectivity index (χ0n) is 20.8. The second-order valence-corrected chi connectivity index (χ2v) is 10.6. The van der Waals surface area contributed by atoms with E-state index in [4.69, 9.17) is 14.6 Å². The SMILES string of the molecule is COc1cc2c(cc1-c1cncc(C#N)c1)-c1c(c(C(=O)N3CCOCC3(C)C)nn1-c1ccsc1)C2. The van der Waals surface area contributed by atoms with Crippen molar-refractivity contribution in [3.8, 4) is 39.9 Å². The van der Waals surface area contributed by atoms with Gasteiger partial charge >= 0.3 is 0 Å². The standard InChI is InChI=1S/C28H25N5O3S/c1-28(2)16-36-6-5-32(28)27(34)25-23-9-18-10-24(35-3)21(19-8-17(12-29)13-30-14-19)11-22(18)26(23)33(31-25)20-4-7-37-15-20/h4,7-8,10-11,13-15H,5-6,9,16H2,1-3H3. The van der Waals surface area contributed by atoms with Gasteiger partial charge in [0.15, 0.2) is 5.69 Å². The van der Waals surface area contributed by atoms with Gasteiger partial charge < -0.3 is 14.4 Å². The number of aromatic nitrogens is 3. The molecule has 4 heterocycles. The van der Waals surface area contributed by atoms with E-state index in [0.717, 1.165) is 39.2 Å². The highest BCUT2D eigenvalue weighted by Crippen LogP contribution is 2.45. The second-order valence-electron chi connectivity index (χ2n) is 9.85. The van der Waals surface area contributed by atoms with E-state index in [1.807, 2.05) is 46.3 Å². The number of ether oxygens (including phenoxy) is 2. The van der Waals surface area contributed by atoms with Gasteiger partial charge in [-0.3, -0.25) is 9.78 Å². The Bertz CT molecular complexity index is 1570. The summed E-state index contributed by atoms with van der Waals surface area (Å²) in [5.74, 6) is 0.613. The first-order valence-electron chi connectivity index (χ1n) is 12.0. The minimum atomic E-state index is -0.422. The highest BCUT2D eigenvalue weighted by molar-refractivity contribution is 7.08. The Morgan fingerprint density at radius 3 is 2.84 bits per heavy atom. The van der Waals surface area contributed by atoms with E-state index in [1.165, 1.54) is 6.20 Å². The van der Waals surface area contributed by atoms with Gasteiger partial charge in [0.2, 0.25) is 0 Å². The largest absolute Gasteiger partial charge is 0.496 e. The zero-order valence-corrected chi connectivity index (χ0v) is 21.6. The van der Waals surface area contributed by atoms with E-state index >= 15 is 0 Å². The molecule has 0 radical (unpaired) electrons. The minimum Gasteiger partial charge on any atom is -0.496 e. The average Bonchev–Trinajstić information content (AvgIpc) is 3.63. The number of thiophene rings is 1. The Labute approximate surface area is 218 Å². The summed E-state index contributed by atoms with van der Waals surface area (Å²) in [7, 11) is 1.64. The van der Waals surface area contributed by atoms with Crippen LogP contribution in [-0.2, 0) is 11.2 Å². The van der Waals surface area contributed by atoms with Crippen LogP contribution in [0.2, 0.25) is 0 Å². The first-order chi connectivity index (χ1) is 17.9. The van der Waals surface area contributed by atoms with Crippen LogP contribution in [0.25, 0.3) is 28.1 Å². The highest BCUT2D eigenvalue weighted by Gasteiger charge is 2.39. The smallest absolute Gasteiger partial charge is 0.275 e. The molecule has 1 aromatic carbocycles. The van der Waals surface area contributed by atoms with Crippen LogP contribution in [0.1, 0.15) is 41.0 Å². The number of nitrogens with zero attached hydrogens (tertiary/aromatic N) is 5. The zero-order chi connectivity index (χ0) is 25.7. The van der Waals surface area contributed by atoms with Gasteiger partial charge in [0.25, 0.3) is 5.91 Å². The Hall–Kier alpha value is -4.00. The molecular formula is C28H25N5O3S. The van der Waals surface area contributed by atoms with Crippen molar-refractivity contribution in [2.75, 3.05) is 26.9 Å². The fourth-order valence-corrected chi connectivity index (χ4v) is 5.83. The van der Waals surface area contributed by atoms with Crippen LogP contribution in [0.3, 0.4) is 0 Å². The molecule has 1 amide bonds. The molecule has 4 aromatic rings. The quantitative estimate of drug-likeness (QED) is 0.347. The molecule has 2 aliphatic rings. The lowest BCUT2D eigenvalue weighted by molar-refractivity contribution is -0.0373. The number of hydrogen-bond acceptors (Lipinski definition) is 7. The number of amides is 1. The Morgan fingerprint density at radius 1 is 1.24 bits per heavy atom. The lowest BCUT2D eigenvalue weighted by Crippen LogP contribution is -2.55. The van der Waals surface area contributed by atoms with Crippen LogP contribution >= 0.6 is 11.3 Å². The summed E-state index contributed by atoms with van der Waals surface area (Å²) in [6.07, 6.45) is 3.85. The summed E-state index contributed by atoms with van der Waals surface area (Å²) in [6, 6.07) is 10.1. The normalized spacial score (nSPS) is 15.7. The van der Waals surface area contributed by atoms with Crippen LogP contribution in [0.4, 0.5) is 0 Å². The molecule has 0 saturated carbocycles. The van der Waals surface area contributed by atoms with Crippen molar-refractivity contribution >= 4 is 17.2 Å². The number of carbonyl (C=O) groups is 1. The number of hydrogen-bond donors (Lipinski definition) is 0. The van der Waals surface area contributed by atoms with Gasteiger partial charge in [0, 0.05) is 53.0 Å². The van der Waals surface area contributed by atoms with Crippen LogP contribution in [0, 0.1) is 11.3 Å². The average molecular weight is 512 g/mol. The fourth-order valence-electron chi connectivity index (χ4n) is 5.22. The Balaban J connectivity index is 1.53. The third-order valence-corrected chi connectivity index (χ3v) is 7.72. The summed E-state index contributed by atoms with van der Waals surface area (Å²) in [6.45, 7) is 5.58. The number of nitriles is 1. The number of methoxy groups -OCH3 is 1. The van der Waals surface area contributed by atoms with Crippen molar-refractivity contribution in [2.24, 2.45) is 0 Å². The molecule has 1 fully saturated rings. The Kier molecular flexibility index (Phi) is 5.59. The molecule has 1 aliphatic carbocycles. The monoisotopic (exact) mass is 511 g/mol. The van der Waals surface area contributed by atoms with Crippen molar-refractivity contribution < 1.29 is 14.3 Å². The van der Waals surface area contributed by atoms with E-state index in [1.54, 1.807) is 30.7 Å². The summed E-state index contributed by atoms with van der Waals surface area (Å²) in [5.41, 5.74) is 6.95. The summed E-state index contributed by atoms with van der Waals surface area (Å²) in [4.78, 5) is 20.0. The molecule has 0 bridgehead atoms. The predicted octanol–water partition coefficient (Wildman–Crippen LogP) is 4.70. The third-order valence-electron chi connectivity index (χ3n) is 7.05. The van der Waals surface area contributed by atoms with Gasteiger partial charge in [-0.25, -0.2) is 4.68 Å². The second kappa shape index (κ2) is 8.83. The highest BCUT2D eigenvalue weighted by atomic mass is 32.1. The van der Waals surface area contributed by atoms with Gasteiger partial charge in [-0.15, -0.1) is 0 Å². The summed E-state index contributed by atoms with van der Waals surface area (Å²) >= 11 is 1.59. The number of benzene rings is 1. The molecule has 1 saturated heterocycles. The van der Waals surface area contributed by atoms with Crippen LogP contribution in [0.15, 0.2) is 47.4 Å². The minimum absolute atomic E-state index is 0.0792. The molecule has 3 aromatic heterocycles. The maximum Gasteiger partial charge on any atom is 0.275 e. The van der Waals surface area contributed by atoms with Crippen LogP contribution in [0.5, 0.6) is 5.75 Å². The molecular weight excluding hydrogens is 486 g/mol. The Morgan fingerprint density at radius 2 is 2.11 bits per heavy atom. The number of fused-ring (bicyclic) bond motifs is 3. The molecule has 0 unspecified atom stereocenters. The first kappa shape index (κ1) is 23.4.